The van der Waals surface area contributed by atoms with Gasteiger partial charge in [0, 0.05) is 36.7 Å². The molecule has 0 bridgehead atoms. The second-order valence-corrected chi connectivity index (χ2v) is 13.8. The fraction of sp³-hybridized carbons (Fsp3) is 0.103. The molecule has 0 amide bonds. The van der Waals surface area contributed by atoms with Crippen molar-refractivity contribution in [2.75, 3.05) is 0 Å². The molecule has 2 nitrogen and oxygen atoms in total. The largest absolute Gasteiger partial charge is 0.293 e. The van der Waals surface area contributed by atoms with Crippen molar-refractivity contribution in [3.63, 3.8) is 0 Å². The molecule has 10 rings (SSSR count). The van der Waals surface area contributed by atoms with Crippen molar-refractivity contribution < 1.29 is 0 Å². The molecule has 0 radical (unpaired) electrons. The van der Waals surface area contributed by atoms with Crippen LogP contribution >= 0.6 is 22.7 Å². The van der Waals surface area contributed by atoms with Crippen molar-refractivity contribution in [3.05, 3.63) is 119 Å². The van der Waals surface area contributed by atoms with Crippen molar-refractivity contribution in [2.45, 2.75) is 25.7 Å². The van der Waals surface area contributed by atoms with Crippen LogP contribution in [0.5, 0.6) is 0 Å². The lowest BCUT2D eigenvalue weighted by Crippen LogP contribution is -2.03. The number of thiophene rings is 2. The molecule has 0 spiro atoms. The number of rotatable bonds is 2. The zero-order chi connectivity index (χ0) is 28.1. The summed E-state index contributed by atoms with van der Waals surface area (Å²) in [6.07, 6.45) is 13.7. The summed E-state index contributed by atoms with van der Waals surface area (Å²) in [7, 11) is 0. The standard InChI is InChI=1S/C39H26N2S2/c1-2-12-23(13-3-1)36-38-29(24-14-7-10-20-31(24)42-38)22-33(40-36)41-30-19-9-6-17-27(30)34-25-15-4-5-16-26(25)35-28-18-8-11-21-32(28)43-39(35)37(34)41/h1-5,7-9,11-16,18-19,21-22H,6,10,17,20H2. The smallest absolute Gasteiger partial charge is 0.139 e. The highest BCUT2D eigenvalue weighted by atomic mass is 32.1. The summed E-state index contributed by atoms with van der Waals surface area (Å²) >= 11 is 3.86. The monoisotopic (exact) mass is 586 g/mol. The number of aromatic nitrogens is 2. The molecule has 4 heterocycles. The van der Waals surface area contributed by atoms with E-state index in [2.05, 4.69) is 114 Å². The van der Waals surface area contributed by atoms with Gasteiger partial charge in [-0.2, -0.15) is 0 Å². The van der Waals surface area contributed by atoms with Gasteiger partial charge in [0.15, 0.2) is 0 Å². The Hall–Kier alpha value is -4.51. The normalized spacial score (nSPS) is 14.4. The number of fused-ring (bicyclic) bond motifs is 13. The first-order valence-electron chi connectivity index (χ1n) is 15.1. The maximum absolute atomic E-state index is 5.58. The van der Waals surface area contributed by atoms with E-state index >= 15 is 0 Å². The van der Waals surface area contributed by atoms with E-state index in [9.17, 15) is 0 Å². The minimum atomic E-state index is 1.01. The molecule has 204 valence electrons. The number of nitrogens with zero attached hydrogens (tertiary/aromatic N) is 2. The fourth-order valence-electron chi connectivity index (χ4n) is 7.47. The van der Waals surface area contributed by atoms with E-state index in [0.717, 1.165) is 37.2 Å². The summed E-state index contributed by atoms with van der Waals surface area (Å²) in [5.41, 5.74) is 7.67. The lowest BCUT2D eigenvalue weighted by atomic mass is 9.95. The molecule has 2 aliphatic rings. The zero-order valence-electron chi connectivity index (χ0n) is 23.4. The van der Waals surface area contributed by atoms with Gasteiger partial charge in [0.1, 0.15) is 5.82 Å². The van der Waals surface area contributed by atoms with Crippen molar-refractivity contribution in [2.24, 2.45) is 0 Å². The maximum Gasteiger partial charge on any atom is 0.139 e. The molecule has 43 heavy (non-hydrogen) atoms. The molecule has 0 fully saturated rings. The summed E-state index contributed by atoms with van der Waals surface area (Å²) in [6.45, 7) is 0. The number of hydrogen-bond acceptors (Lipinski definition) is 3. The van der Waals surface area contributed by atoms with Crippen molar-refractivity contribution >= 4 is 86.8 Å². The highest BCUT2D eigenvalue weighted by Crippen LogP contribution is 2.49. The van der Waals surface area contributed by atoms with E-state index in [-0.39, 0.29) is 0 Å². The Balaban J connectivity index is 1.43. The van der Waals surface area contributed by atoms with E-state index in [1.54, 1.807) is 0 Å². The predicted molar refractivity (Wildman–Crippen MR) is 187 cm³/mol. The van der Waals surface area contributed by atoms with Gasteiger partial charge in [-0.3, -0.25) is 4.57 Å². The Bertz CT molecular complexity index is 2500. The van der Waals surface area contributed by atoms with Crippen LogP contribution in [-0.2, 0) is 12.8 Å². The highest BCUT2D eigenvalue weighted by molar-refractivity contribution is 7.27. The molecule has 0 atom stereocenters. The quantitative estimate of drug-likeness (QED) is 0.197. The number of pyridine rings is 1. The summed E-state index contributed by atoms with van der Waals surface area (Å²) in [5.74, 6) is 1.01. The Kier molecular flexibility index (Phi) is 5.02. The topological polar surface area (TPSA) is 17.8 Å². The van der Waals surface area contributed by atoms with Crippen LogP contribution in [0, 0.1) is 0 Å². The fourth-order valence-corrected chi connectivity index (χ4v) is 10.0. The molecule has 0 N–H and O–H groups in total. The molecule has 8 aromatic rings. The molecule has 0 saturated heterocycles. The van der Waals surface area contributed by atoms with Crippen molar-refractivity contribution in [1.82, 2.24) is 9.55 Å². The Morgan fingerprint density at radius 1 is 0.651 bits per heavy atom. The second-order valence-electron chi connectivity index (χ2n) is 11.7. The van der Waals surface area contributed by atoms with E-state index in [4.69, 9.17) is 4.98 Å². The third-order valence-corrected chi connectivity index (χ3v) is 11.8. The SMILES string of the molecule is C1=Cc2c(sc3c(-c4ccccc4)nc(-n4c5c(c6c7ccccc7c7c8ccccc8sc7c64)CCC=C5)cc23)CC1. The first-order valence-corrected chi connectivity index (χ1v) is 16.7. The number of hydrogen-bond donors (Lipinski definition) is 0. The summed E-state index contributed by atoms with van der Waals surface area (Å²) in [4.78, 5) is 7.05. The van der Waals surface area contributed by atoms with Gasteiger partial charge in [-0.1, -0.05) is 91.0 Å². The number of allylic oxidation sites excluding steroid dienone is 2. The third kappa shape index (κ3) is 3.31. The van der Waals surface area contributed by atoms with Crippen LogP contribution in [0.1, 0.15) is 34.5 Å². The highest BCUT2D eigenvalue weighted by Gasteiger charge is 2.27. The molecule has 2 aliphatic carbocycles. The Morgan fingerprint density at radius 2 is 1.40 bits per heavy atom. The first-order chi connectivity index (χ1) is 21.3. The van der Waals surface area contributed by atoms with E-state index in [0.29, 0.717) is 0 Å². The Morgan fingerprint density at radius 3 is 2.28 bits per heavy atom. The number of aryl methyl sites for hydroxylation is 2. The van der Waals surface area contributed by atoms with Gasteiger partial charge >= 0.3 is 0 Å². The molecule has 4 heteroatoms. The van der Waals surface area contributed by atoms with Gasteiger partial charge in [-0.25, -0.2) is 4.98 Å². The molecular weight excluding hydrogens is 561 g/mol. The third-order valence-electron chi connectivity index (χ3n) is 9.30. The maximum atomic E-state index is 5.58. The molecule has 0 saturated carbocycles. The molecule has 0 unspecified atom stereocenters. The van der Waals surface area contributed by atoms with Crippen LogP contribution in [0.25, 0.3) is 81.2 Å². The number of benzene rings is 4. The summed E-state index contributed by atoms with van der Waals surface area (Å²) in [5, 5.41) is 8.12. The van der Waals surface area contributed by atoms with Crippen molar-refractivity contribution in [1.29, 1.82) is 0 Å². The second kappa shape index (κ2) is 9.00. The van der Waals surface area contributed by atoms with Crippen LogP contribution in [0.4, 0.5) is 0 Å². The molecular formula is C39H26N2S2. The molecule has 0 aliphatic heterocycles. The van der Waals surface area contributed by atoms with Crippen LogP contribution in [0.3, 0.4) is 0 Å². The molecule has 4 aromatic heterocycles. The van der Waals surface area contributed by atoms with Crippen LogP contribution in [-0.4, -0.2) is 9.55 Å². The van der Waals surface area contributed by atoms with Crippen LogP contribution in [0.2, 0.25) is 0 Å². The minimum absolute atomic E-state index is 1.01. The van der Waals surface area contributed by atoms with Gasteiger partial charge in [0.25, 0.3) is 0 Å². The average Bonchev–Trinajstić information content (AvgIpc) is 3.75. The van der Waals surface area contributed by atoms with Gasteiger partial charge in [0.05, 0.1) is 26.3 Å². The molecule has 4 aromatic carbocycles. The van der Waals surface area contributed by atoms with Gasteiger partial charge < -0.3 is 0 Å². The van der Waals surface area contributed by atoms with E-state index in [1.165, 1.54) is 79.2 Å². The summed E-state index contributed by atoms with van der Waals surface area (Å²) in [6, 6.07) is 31.1. The van der Waals surface area contributed by atoms with E-state index in [1.807, 2.05) is 22.7 Å². The van der Waals surface area contributed by atoms with E-state index < -0.39 is 0 Å². The van der Waals surface area contributed by atoms with Crippen LogP contribution < -0.4 is 0 Å². The summed E-state index contributed by atoms with van der Waals surface area (Å²) < 4.78 is 6.49. The van der Waals surface area contributed by atoms with Crippen molar-refractivity contribution in [3.8, 4) is 17.1 Å². The van der Waals surface area contributed by atoms with Gasteiger partial charge in [0.2, 0.25) is 0 Å². The van der Waals surface area contributed by atoms with Gasteiger partial charge in [-0.15, -0.1) is 22.7 Å². The zero-order valence-corrected chi connectivity index (χ0v) is 25.1. The Labute approximate surface area is 256 Å². The lowest BCUT2D eigenvalue weighted by molar-refractivity contribution is 0.956. The van der Waals surface area contributed by atoms with Gasteiger partial charge in [-0.05, 0) is 65.8 Å². The minimum Gasteiger partial charge on any atom is -0.293 e. The lowest BCUT2D eigenvalue weighted by Gasteiger charge is -2.14. The average molecular weight is 587 g/mol. The van der Waals surface area contributed by atoms with Crippen LogP contribution in [0.15, 0.2) is 97.1 Å². The predicted octanol–water partition coefficient (Wildman–Crippen LogP) is 11.3. The first kappa shape index (κ1) is 24.0.